The highest BCUT2D eigenvalue weighted by Gasteiger charge is 1.96. The SMILES string of the molecule is CC/C=C\C=C/O/C=C/C=C\C/C=C\C/C=C\CCCC(=O)OC. The summed E-state index contributed by atoms with van der Waals surface area (Å²) in [6.45, 7) is 2.09. The van der Waals surface area contributed by atoms with Crippen molar-refractivity contribution in [1.82, 2.24) is 0 Å². The minimum absolute atomic E-state index is 0.140. The Bertz CT molecular complexity index is 465. The van der Waals surface area contributed by atoms with Gasteiger partial charge in [0.1, 0.15) is 0 Å². The second-order valence-electron chi connectivity index (χ2n) is 4.94. The number of methoxy groups -OCH3 is 1. The molecular formula is C21H30O3. The highest BCUT2D eigenvalue weighted by Crippen LogP contribution is 1.99. The van der Waals surface area contributed by atoms with Gasteiger partial charge in [0, 0.05) is 6.42 Å². The molecular weight excluding hydrogens is 300 g/mol. The molecule has 0 radical (unpaired) electrons. The Balaban J connectivity index is 3.55. The predicted octanol–water partition coefficient (Wildman–Crippen LogP) is 5.79. The summed E-state index contributed by atoms with van der Waals surface area (Å²) < 4.78 is 9.76. The van der Waals surface area contributed by atoms with E-state index >= 15 is 0 Å². The van der Waals surface area contributed by atoms with Gasteiger partial charge < -0.3 is 9.47 Å². The van der Waals surface area contributed by atoms with E-state index in [2.05, 4.69) is 48.1 Å². The molecule has 0 N–H and O–H groups in total. The number of carbonyl (C=O) groups excluding carboxylic acids is 1. The van der Waals surface area contributed by atoms with Gasteiger partial charge in [0.05, 0.1) is 19.6 Å². The standard InChI is InChI=1S/C21H30O3/c1-3-4-5-16-19-24-20-17-14-12-10-8-6-7-9-11-13-15-18-21(22)23-2/h4-6,8-9,11-12,14,16-17,19-20H,3,7,10,13,15,18H2,1-2H3/b5-4-,8-6-,11-9-,14-12-,19-16-,20-17+. The molecule has 24 heavy (non-hydrogen) atoms. The molecule has 0 aromatic heterocycles. The zero-order chi connectivity index (χ0) is 17.7. The van der Waals surface area contributed by atoms with Crippen LogP contribution in [0.1, 0.15) is 45.4 Å². The minimum atomic E-state index is -0.140. The number of hydrogen-bond donors (Lipinski definition) is 0. The van der Waals surface area contributed by atoms with Crippen molar-refractivity contribution in [2.24, 2.45) is 0 Å². The van der Waals surface area contributed by atoms with Crippen LogP contribution in [0.25, 0.3) is 0 Å². The highest BCUT2D eigenvalue weighted by atomic mass is 16.5. The second-order valence-corrected chi connectivity index (χ2v) is 4.94. The first-order valence-electron chi connectivity index (χ1n) is 8.46. The largest absolute Gasteiger partial charge is 0.473 e. The molecule has 0 rings (SSSR count). The summed E-state index contributed by atoms with van der Waals surface area (Å²) in [5.74, 6) is -0.140. The van der Waals surface area contributed by atoms with Gasteiger partial charge in [-0.2, -0.15) is 0 Å². The van der Waals surface area contributed by atoms with Gasteiger partial charge in [-0.3, -0.25) is 4.79 Å². The molecule has 0 aliphatic carbocycles. The lowest BCUT2D eigenvalue weighted by atomic mass is 10.2. The van der Waals surface area contributed by atoms with E-state index in [1.165, 1.54) is 7.11 Å². The molecule has 0 bridgehead atoms. The van der Waals surface area contributed by atoms with Crippen molar-refractivity contribution < 1.29 is 14.3 Å². The molecule has 0 aromatic carbocycles. The van der Waals surface area contributed by atoms with Crippen LogP contribution in [-0.2, 0) is 14.3 Å². The Labute approximate surface area is 146 Å². The quantitative estimate of drug-likeness (QED) is 0.141. The molecule has 0 aliphatic rings. The molecule has 0 saturated heterocycles. The summed E-state index contributed by atoms with van der Waals surface area (Å²) in [5.41, 5.74) is 0. The van der Waals surface area contributed by atoms with E-state index in [0.29, 0.717) is 6.42 Å². The van der Waals surface area contributed by atoms with E-state index in [0.717, 1.165) is 32.1 Å². The van der Waals surface area contributed by atoms with E-state index in [9.17, 15) is 4.79 Å². The van der Waals surface area contributed by atoms with E-state index in [4.69, 9.17) is 4.74 Å². The summed E-state index contributed by atoms with van der Waals surface area (Å²) >= 11 is 0. The summed E-state index contributed by atoms with van der Waals surface area (Å²) in [4.78, 5) is 10.9. The van der Waals surface area contributed by atoms with Gasteiger partial charge in [0.25, 0.3) is 0 Å². The summed E-state index contributed by atoms with van der Waals surface area (Å²) in [7, 11) is 1.42. The molecule has 3 nitrogen and oxygen atoms in total. The van der Waals surface area contributed by atoms with Gasteiger partial charge >= 0.3 is 5.97 Å². The van der Waals surface area contributed by atoms with Crippen molar-refractivity contribution in [3.05, 3.63) is 73.3 Å². The van der Waals surface area contributed by atoms with Crippen LogP contribution in [0.15, 0.2) is 73.3 Å². The van der Waals surface area contributed by atoms with Gasteiger partial charge in [-0.15, -0.1) is 0 Å². The molecule has 0 fully saturated rings. The third-order valence-electron chi connectivity index (χ3n) is 2.90. The van der Waals surface area contributed by atoms with Crippen molar-refractivity contribution in [3.8, 4) is 0 Å². The Morgan fingerprint density at radius 2 is 1.46 bits per heavy atom. The number of hydrogen-bond acceptors (Lipinski definition) is 3. The summed E-state index contributed by atoms with van der Waals surface area (Å²) in [6.07, 6.45) is 28.6. The van der Waals surface area contributed by atoms with Crippen molar-refractivity contribution in [1.29, 1.82) is 0 Å². The monoisotopic (exact) mass is 330 g/mol. The maximum absolute atomic E-state index is 10.9. The number of carbonyl (C=O) groups is 1. The number of unbranched alkanes of at least 4 members (excludes halogenated alkanes) is 1. The van der Waals surface area contributed by atoms with E-state index in [-0.39, 0.29) is 5.97 Å². The number of ether oxygens (including phenoxy) is 2. The maximum atomic E-state index is 10.9. The Morgan fingerprint density at radius 3 is 2.12 bits per heavy atom. The third kappa shape index (κ3) is 17.8. The van der Waals surface area contributed by atoms with Crippen LogP contribution in [0.4, 0.5) is 0 Å². The number of allylic oxidation sites excluding steroid dienone is 10. The van der Waals surface area contributed by atoms with Crippen LogP contribution < -0.4 is 0 Å². The highest BCUT2D eigenvalue weighted by molar-refractivity contribution is 5.69. The number of esters is 1. The Hall–Kier alpha value is -2.29. The van der Waals surface area contributed by atoms with E-state index < -0.39 is 0 Å². The van der Waals surface area contributed by atoms with Gasteiger partial charge in [-0.25, -0.2) is 0 Å². The fraction of sp³-hybridized carbons (Fsp3) is 0.381. The molecule has 132 valence electrons. The van der Waals surface area contributed by atoms with Crippen LogP contribution in [0.2, 0.25) is 0 Å². The molecule has 0 atom stereocenters. The average Bonchev–Trinajstić information content (AvgIpc) is 2.60. The Kier molecular flexibility index (Phi) is 17.0. The van der Waals surface area contributed by atoms with Crippen LogP contribution in [0.3, 0.4) is 0 Å². The van der Waals surface area contributed by atoms with E-state index in [1.54, 1.807) is 12.5 Å². The Morgan fingerprint density at radius 1 is 0.833 bits per heavy atom. The van der Waals surface area contributed by atoms with Crippen LogP contribution >= 0.6 is 0 Å². The summed E-state index contributed by atoms with van der Waals surface area (Å²) in [5, 5.41) is 0. The zero-order valence-corrected chi connectivity index (χ0v) is 14.9. The van der Waals surface area contributed by atoms with Crippen LogP contribution in [0.5, 0.6) is 0 Å². The van der Waals surface area contributed by atoms with E-state index in [1.807, 2.05) is 24.3 Å². The lowest BCUT2D eigenvalue weighted by Crippen LogP contribution is -1.98. The molecule has 0 amide bonds. The average molecular weight is 330 g/mol. The molecule has 0 aliphatic heterocycles. The minimum Gasteiger partial charge on any atom is -0.473 e. The summed E-state index contributed by atoms with van der Waals surface area (Å²) in [6, 6.07) is 0. The van der Waals surface area contributed by atoms with Crippen molar-refractivity contribution in [2.75, 3.05) is 7.11 Å². The fourth-order valence-electron chi connectivity index (χ4n) is 1.63. The molecule has 0 heterocycles. The topological polar surface area (TPSA) is 35.5 Å². The molecule has 0 aromatic rings. The third-order valence-corrected chi connectivity index (χ3v) is 2.90. The van der Waals surface area contributed by atoms with Crippen molar-refractivity contribution in [3.63, 3.8) is 0 Å². The molecule has 0 saturated carbocycles. The zero-order valence-electron chi connectivity index (χ0n) is 14.9. The van der Waals surface area contributed by atoms with Crippen LogP contribution in [-0.4, -0.2) is 13.1 Å². The fourth-order valence-corrected chi connectivity index (χ4v) is 1.63. The lowest BCUT2D eigenvalue weighted by molar-refractivity contribution is -0.140. The number of rotatable bonds is 13. The predicted molar refractivity (Wildman–Crippen MR) is 101 cm³/mol. The smallest absolute Gasteiger partial charge is 0.305 e. The lowest BCUT2D eigenvalue weighted by Gasteiger charge is -1.95. The molecule has 3 heteroatoms. The maximum Gasteiger partial charge on any atom is 0.305 e. The van der Waals surface area contributed by atoms with Gasteiger partial charge in [-0.05, 0) is 44.3 Å². The van der Waals surface area contributed by atoms with Gasteiger partial charge in [0.15, 0.2) is 0 Å². The first kappa shape index (κ1) is 21.7. The van der Waals surface area contributed by atoms with Crippen molar-refractivity contribution >= 4 is 5.97 Å². The van der Waals surface area contributed by atoms with Crippen molar-refractivity contribution in [2.45, 2.75) is 45.4 Å². The second kappa shape index (κ2) is 18.8. The normalized spacial score (nSPS) is 12.8. The van der Waals surface area contributed by atoms with Crippen LogP contribution in [0, 0.1) is 0 Å². The molecule has 0 spiro atoms. The van der Waals surface area contributed by atoms with Gasteiger partial charge in [0.2, 0.25) is 0 Å². The van der Waals surface area contributed by atoms with Gasteiger partial charge in [-0.1, -0.05) is 55.5 Å². The molecule has 0 unspecified atom stereocenters. The first-order valence-corrected chi connectivity index (χ1v) is 8.46. The first-order chi connectivity index (χ1) is 11.8.